The van der Waals surface area contributed by atoms with E-state index in [9.17, 15) is 13.2 Å². The van der Waals surface area contributed by atoms with Crippen LogP contribution in [0.1, 0.15) is 13.8 Å². The highest BCUT2D eigenvalue weighted by Gasteiger charge is 2.21. The van der Waals surface area contributed by atoms with Crippen molar-refractivity contribution in [3.63, 3.8) is 0 Å². The SMILES string of the molecule is C=CCn1nc(SCC(=O)Nc2ccc(S(=O)(=O)N(CC)CC)cc2)nc1-c1ccc(Br)cc1. The Kier molecular flexibility index (Phi) is 9.06. The van der Waals surface area contributed by atoms with Gasteiger partial charge in [-0.3, -0.25) is 4.79 Å². The third kappa shape index (κ3) is 6.35. The molecule has 0 saturated heterocycles. The molecule has 3 rings (SSSR count). The van der Waals surface area contributed by atoms with Crippen molar-refractivity contribution >= 4 is 49.3 Å². The predicted molar refractivity (Wildman–Crippen MR) is 139 cm³/mol. The van der Waals surface area contributed by atoms with Crippen LogP contribution in [-0.2, 0) is 21.4 Å². The van der Waals surface area contributed by atoms with Gasteiger partial charge in [0.05, 0.1) is 17.2 Å². The number of nitrogens with zero attached hydrogens (tertiary/aromatic N) is 4. The third-order valence-corrected chi connectivity index (χ3v) is 8.30. The number of hydrogen-bond acceptors (Lipinski definition) is 6. The topological polar surface area (TPSA) is 97.2 Å². The highest BCUT2D eigenvalue weighted by Crippen LogP contribution is 2.24. The number of benzene rings is 2. The molecule has 2 aromatic carbocycles. The average molecular weight is 565 g/mol. The first-order chi connectivity index (χ1) is 16.3. The van der Waals surface area contributed by atoms with E-state index in [1.54, 1.807) is 36.7 Å². The molecular formula is C23H26BrN5O3S2. The zero-order valence-corrected chi connectivity index (χ0v) is 22.2. The van der Waals surface area contributed by atoms with Crippen molar-refractivity contribution < 1.29 is 13.2 Å². The first-order valence-corrected chi connectivity index (χ1v) is 13.8. The lowest BCUT2D eigenvalue weighted by atomic mass is 10.2. The number of anilines is 1. The van der Waals surface area contributed by atoms with Crippen LogP contribution in [0, 0.1) is 0 Å². The minimum Gasteiger partial charge on any atom is -0.325 e. The fourth-order valence-electron chi connectivity index (χ4n) is 3.19. The van der Waals surface area contributed by atoms with Crippen LogP contribution in [0.25, 0.3) is 11.4 Å². The van der Waals surface area contributed by atoms with Crippen LogP contribution < -0.4 is 5.32 Å². The molecule has 34 heavy (non-hydrogen) atoms. The smallest absolute Gasteiger partial charge is 0.243 e. The van der Waals surface area contributed by atoms with E-state index in [1.807, 2.05) is 24.3 Å². The van der Waals surface area contributed by atoms with Crippen molar-refractivity contribution in [2.45, 2.75) is 30.4 Å². The molecule has 1 heterocycles. The number of halogens is 1. The largest absolute Gasteiger partial charge is 0.325 e. The highest BCUT2D eigenvalue weighted by molar-refractivity contribution is 9.10. The molecule has 0 aliphatic rings. The van der Waals surface area contributed by atoms with Gasteiger partial charge in [-0.1, -0.05) is 59.7 Å². The van der Waals surface area contributed by atoms with Crippen LogP contribution >= 0.6 is 27.7 Å². The Morgan fingerprint density at radius 1 is 1.15 bits per heavy atom. The van der Waals surface area contributed by atoms with E-state index < -0.39 is 10.0 Å². The number of amides is 1. The maximum atomic E-state index is 12.6. The maximum absolute atomic E-state index is 12.6. The Morgan fingerprint density at radius 2 is 1.79 bits per heavy atom. The second kappa shape index (κ2) is 11.8. The summed E-state index contributed by atoms with van der Waals surface area (Å²) in [6.07, 6.45) is 1.74. The van der Waals surface area contributed by atoms with Gasteiger partial charge in [0.15, 0.2) is 5.82 Å². The summed E-state index contributed by atoms with van der Waals surface area (Å²) < 4.78 is 29.3. The second-order valence-electron chi connectivity index (χ2n) is 7.15. The fraction of sp³-hybridized carbons (Fsp3) is 0.261. The minimum atomic E-state index is -3.54. The summed E-state index contributed by atoms with van der Waals surface area (Å²) in [4.78, 5) is 17.2. The number of rotatable bonds is 11. The molecule has 11 heteroatoms. The molecule has 180 valence electrons. The van der Waals surface area contributed by atoms with Crippen molar-refractivity contribution in [3.05, 3.63) is 65.7 Å². The Morgan fingerprint density at radius 3 is 2.38 bits per heavy atom. The average Bonchev–Trinajstić information content (AvgIpc) is 3.22. The molecule has 0 saturated carbocycles. The Labute approximate surface area is 212 Å². The van der Waals surface area contributed by atoms with Gasteiger partial charge in [-0.2, -0.15) is 4.31 Å². The molecule has 0 bridgehead atoms. The van der Waals surface area contributed by atoms with E-state index in [0.29, 0.717) is 36.3 Å². The van der Waals surface area contributed by atoms with Crippen LogP contribution in [0.4, 0.5) is 5.69 Å². The molecule has 0 radical (unpaired) electrons. The van der Waals surface area contributed by atoms with Gasteiger partial charge in [0.2, 0.25) is 21.1 Å². The molecule has 0 atom stereocenters. The van der Waals surface area contributed by atoms with Gasteiger partial charge in [-0.25, -0.2) is 18.1 Å². The number of hydrogen-bond donors (Lipinski definition) is 1. The number of nitrogens with one attached hydrogen (secondary N) is 1. The van der Waals surface area contributed by atoms with E-state index in [4.69, 9.17) is 0 Å². The predicted octanol–water partition coefficient (Wildman–Crippen LogP) is 4.65. The van der Waals surface area contributed by atoms with Crippen LogP contribution in [-0.4, -0.2) is 52.2 Å². The molecule has 1 amide bonds. The molecule has 0 aliphatic heterocycles. The molecular weight excluding hydrogens is 538 g/mol. The molecule has 1 N–H and O–H groups in total. The lowest BCUT2D eigenvalue weighted by Gasteiger charge is -2.18. The van der Waals surface area contributed by atoms with Gasteiger partial charge >= 0.3 is 0 Å². The third-order valence-electron chi connectivity index (χ3n) is 4.87. The van der Waals surface area contributed by atoms with Crippen molar-refractivity contribution in [1.82, 2.24) is 19.1 Å². The summed E-state index contributed by atoms with van der Waals surface area (Å²) >= 11 is 4.65. The summed E-state index contributed by atoms with van der Waals surface area (Å²) in [5.41, 5.74) is 1.43. The number of thioether (sulfide) groups is 1. The molecule has 0 fully saturated rings. The minimum absolute atomic E-state index is 0.109. The first-order valence-electron chi connectivity index (χ1n) is 10.6. The van der Waals surface area contributed by atoms with Gasteiger partial charge in [0, 0.05) is 28.8 Å². The van der Waals surface area contributed by atoms with Crippen molar-refractivity contribution in [1.29, 1.82) is 0 Å². The number of sulfonamides is 1. The quantitative estimate of drug-likeness (QED) is 0.269. The molecule has 1 aromatic heterocycles. The van der Waals surface area contributed by atoms with Crippen LogP contribution in [0.2, 0.25) is 0 Å². The van der Waals surface area contributed by atoms with Gasteiger partial charge in [0.25, 0.3) is 0 Å². The van der Waals surface area contributed by atoms with Gasteiger partial charge < -0.3 is 5.32 Å². The monoisotopic (exact) mass is 563 g/mol. The van der Waals surface area contributed by atoms with E-state index >= 15 is 0 Å². The zero-order valence-electron chi connectivity index (χ0n) is 18.9. The van der Waals surface area contributed by atoms with E-state index in [-0.39, 0.29) is 16.6 Å². The van der Waals surface area contributed by atoms with E-state index in [0.717, 1.165) is 10.0 Å². The van der Waals surface area contributed by atoms with Gasteiger partial charge in [-0.05, 0) is 36.4 Å². The Bertz CT molecular complexity index is 1240. The van der Waals surface area contributed by atoms with Gasteiger partial charge in [0.1, 0.15) is 0 Å². The van der Waals surface area contributed by atoms with Crippen LogP contribution in [0.5, 0.6) is 0 Å². The Balaban J connectivity index is 1.64. The number of carbonyl (C=O) groups excluding carboxylic acids is 1. The highest BCUT2D eigenvalue weighted by atomic mass is 79.9. The Hall–Kier alpha value is -2.47. The standard InChI is InChI=1S/C23H26BrN5O3S2/c1-4-15-29-22(17-7-9-18(24)10-8-17)26-23(27-29)33-16-21(30)25-19-11-13-20(14-12-19)34(31,32)28(5-2)6-3/h4,7-14H,1,5-6,15-16H2,2-3H3,(H,25,30). The van der Waals surface area contributed by atoms with Gasteiger partial charge in [-0.15, -0.1) is 11.7 Å². The lowest BCUT2D eigenvalue weighted by Crippen LogP contribution is -2.30. The summed E-state index contributed by atoms with van der Waals surface area (Å²) in [6.45, 7) is 8.65. The molecule has 0 aliphatic carbocycles. The van der Waals surface area contributed by atoms with Crippen LogP contribution in [0.3, 0.4) is 0 Å². The summed E-state index contributed by atoms with van der Waals surface area (Å²) in [5, 5.41) is 7.75. The fourth-order valence-corrected chi connectivity index (χ4v) is 5.56. The summed E-state index contributed by atoms with van der Waals surface area (Å²) in [7, 11) is -3.54. The van der Waals surface area contributed by atoms with Crippen molar-refractivity contribution in [3.8, 4) is 11.4 Å². The first kappa shape index (κ1) is 26.1. The lowest BCUT2D eigenvalue weighted by molar-refractivity contribution is -0.113. The second-order valence-corrected chi connectivity index (χ2v) is 10.9. The molecule has 0 spiro atoms. The molecule has 3 aromatic rings. The zero-order chi connectivity index (χ0) is 24.7. The number of aromatic nitrogens is 3. The number of allylic oxidation sites excluding steroid dienone is 1. The maximum Gasteiger partial charge on any atom is 0.243 e. The van der Waals surface area contributed by atoms with Crippen molar-refractivity contribution in [2.24, 2.45) is 0 Å². The normalized spacial score (nSPS) is 11.5. The van der Waals surface area contributed by atoms with Crippen LogP contribution in [0.15, 0.2) is 75.7 Å². The number of carbonyl (C=O) groups is 1. The van der Waals surface area contributed by atoms with E-state index in [2.05, 4.69) is 37.9 Å². The summed E-state index contributed by atoms with van der Waals surface area (Å²) in [6, 6.07) is 13.9. The molecule has 8 nitrogen and oxygen atoms in total. The summed E-state index contributed by atoms with van der Waals surface area (Å²) in [5.74, 6) is 0.562. The molecule has 0 unspecified atom stereocenters. The van der Waals surface area contributed by atoms with E-state index in [1.165, 1.54) is 28.2 Å². The van der Waals surface area contributed by atoms with Crippen molar-refractivity contribution in [2.75, 3.05) is 24.2 Å².